The van der Waals surface area contributed by atoms with E-state index in [0.717, 1.165) is 5.56 Å². The monoisotopic (exact) mass is 522 g/mol. The number of para-hydroxylation sites is 1. The number of aryl methyl sites for hydroxylation is 1. The Balaban J connectivity index is 1.62. The van der Waals surface area contributed by atoms with E-state index in [1.165, 1.54) is 4.90 Å². The van der Waals surface area contributed by atoms with Gasteiger partial charge in [0.1, 0.15) is 5.92 Å². The van der Waals surface area contributed by atoms with Crippen molar-refractivity contribution >= 4 is 39.1 Å². The van der Waals surface area contributed by atoms with Gasteiger partial charge in [-0.3, -0.25) is 14.4 Å². The Kier molecular flexibility index (Phi) is 5.79. The van der Waals surface area contributed by atoms with Crippen LogP contribution in [0.4, 0.5) is 11.4 Å². The zero-order chi connectivity index (χ0) is 24.0. The van der Waals surface area contributed by atoms with Crippen molar-refractivity contribution in [3.63, 3.8) is 0 Å². The van der Waals surface area contributed by atoms with Crippen LogP contribution in [0.1, 0.15) is 24.1 Å². The number of carbonyl (C=O) groups is 2. The molecular weight excluding hydrogens is 500 g/mol. The largest absolute Gasteiger partial charge is 0.503 e. The minimum atomic E-state index is -0.970. The summed E-state index contributed by atoms with van der Waals surface area (Å²) in [7, 11) is 0. The van der Waals surface area contributed by atoms with Crippen LogP contribution in [0.5, 0.6) is 11.5 Å². The Labute approximate surface area is 205 Å². The number of imide groups is 1. The van der Waals surface area contributed by atoms with Gasteiger partial charge in [0.05, 0.1) is 28.5 Å². The van der Waals surface area contributed by atoms with Gasteiger partial charge in [0.15, 0.2) is 17.6 Å². The minimum Gasteiger partial charge on any atom is -0.503 e. The van der Waals surface area contributed by atoms with E-state index in [1.807, 2.05) is 56.3 Å². The number of fused-ring (bicyclic) bond motifs is 1. The van der Waals surface area contributed by atoms with Crippen molar-refractivity contribution in [1.82, 2.24) is 0 Å². The van der Waals surface area contributed by atoms with Crippen LogP contribution in [0.25, 0.3) is 0 Å². The molecule has 2 fully saturated rings. The van der Waals surface area contributed by atoms with Crippen LogP contribution in [-0.2, 0) is 14.4 Å². The van der Waals surface area contributed by atoms with Gasteiger partial charge in [-0.15, -0.1) is 0 Å². The first-order chi connectivity index (χ1) is 16.4. The lowest BCUT2D eigenvalue weighted by molar-refractivity contribution is -0.126. The van der Waals surface area contributed by atoms with E-state index in [-0.39, 0.29) is 17.4 Å². The third kappa shape index (κ3) is 3.63. The highest BCUT2D eigenvalue weighted by Crippen LogP contribution is 2.49. The molecule has 0 aromatic heterocycles. The average Bonchev–Trinajstić information content (AvgIpc) is 3.34. The standard InChI is InChI=1S/C26H23BrN2O5/c1-3-33-20-14-16(13-19(27)23(20)30)22-21-24(34-29(22)18-7-5-4-6-8-18)26(32)28(25(21)31)17-11-9-15(2)10-12-17/h4-14,21-22,24,30H,3H2,1-2H3/t21-,22+,24-/m0/s1. The summed E-state index contributed by atoms with van der Waals surface area (Å²) in [6.45, 7) is 4.13. The first-order valence-electron chi connectivity index (χ1n) is 11.0. The first-order valence-corrected chi connectivity index (χ1v) is 11.8. The van der Waals surface area contributed by atoms with Crippen LogP contribution in [0, 0.1) is 12.8 Å². The van der Waals surface area contributed by atoms with E-state index in [4.69, 9.17) is 9.57 Å². The number of phenols is 1. The van der Waals surface area contributed by atoms with E-state index >= 15 is 0 Å². The van der Waals surface area contributed by atoms with Crippen molar-refractivity contribution in [2.24, 2.45) is 5.92 Å². The Hall–Kier alpha value is -3.36. The summed E-state index contributed by atoms with van der Waals surface area (Å²) < 4.78 is 6.05. The zero-order valence-corrected chi connectivity index (χ0v) is 20.2. The molecule has 174 valence electrons. The molecule has 2 aliphatic heterocycles. The smallest absolute Gasteiger partial charge is 0.266 e. The number of hydroxylamine groups is 1. The van der Waals surface area contributed by atoms with Crippen molar-refractivity contribution in [3.8, 4) is 11.5 Å². The number of rotatable bonds is 5. The predicted octanol–water partition coefficient (Wildman–Crippen LogP) is 4.91. The highest BCUT2D eigenvalue weighted by molar-refractivity contribution is 9.10. The summed E-state index contributed by atoms with van der Waals surface area (Å²) in [5.41, 5.74) is 2.94. The number of halogens is 1. The number of ether oxygens (including phenoxy) is 1. The SMILES string of the molecule is CCOc1cc([C@@H]2[C@@H]3C(=O)N(c4ccc(C)cc4)C(=O)[C@H]3ON2c2ccccc2)cc(Br)c1O. The molecular formula is C26H23BrN2O5. The van der Waals surface area contributed by atoms with Gasteiger partial charge >= 0.3 is 0 Å². The molecule has 0 radical (unpaired) electrons. The highest BCUT2D eigenvalue weighted by Gasteiger charge is 2.60. The molecule has 2 amide bonds. The molecule has 0 spiro atoms. The van der Waals surface area contributed by atoms with Gasteiger partial charge in [-0.25, -0.2) is 9.96 Å². The molecule has 0 bridgehead atoms. The Morgan fingerprint density at radius 2 is 1.71 bits per heavy atom. The fourth-order valence-electron chi connectivity index (χ4n) is 4.53. The van der Waals surface area contributed by atoms with Crippen LogP contribution < -0.4 is 14.7 Å². The molecule has 7 nitrogen and oxygen atoms in total. The summed E-state index contributed by atoms with van der Waals surface area (Å²) in [5.74, 6) is -1.24. The third-order valence-electron chi connectivity index (χ3n) is 6.11. The lowest BCUT2D eigenvalue weighted by atomic mass is 9.90. The van der Waals surface area contributed by atoms with E-state index in [0.29, 0.717) is 28.0 Å². The number of anilines is 2. The van der Waals surface area contributed by atoms with Gasteiger partial charge in [0.25, 0.3) is 5.91 Å². The number of hydrogen-bond acceptors (Lipinski definition) is 6. The van der Waals surface area contributed by atoms with Crippen LogP contribution in [-0.4, -0.2) is 29.6 Å². The summed E-state index contributed by atoms with van der Waals surface area (Å²) in [5, 5.41) is 12.0. The van der Waals surface area contributed by atoms with Gasteiger partial charge in [0, 0.05) is 0 Å². The summed E-state index contributed by atoms with van der Waals surface area (Å²) >= 11 is 3.39. The third-order valence-corrected chi connectivity index (χ3v) is 6.71. The van der Waals surface area contributed by atoms with Crippen molar-refractivity contribution in [3.05, 3.63) is 82.3 Å². The Morgan fingerprint density at radius 3 is 2.38 bits per heavy atom. The molecule has 0 saturated carbocycles. The molecule has 0 aliphatic carbocycles. The maximum Gasteiger partial charge on any atom is 0.266 e. The molecule has 2 aliphatic rings. The van der Waals surface area contributed by atoms with Crippen LogP contribution in [0.3, 0.4) is 0 Å². The van der Waals surface area contributed by atoms with Gasteiger partial charge in [-0.2, -0.15) is 0 Å². The molecule has 2 saturated heterocycles. The van der Waals surface area contributed by atoms with Crippen molar-refractivity contribution in [2.45, 2.75) is 26.0 Å². The second-order valence-electron chi connectivity index (χ2n) is 8.29. The lowest BCUT2D eigenvalue weighted by Crippen LogP contribution is -2.37. The van der Waals surface area contributed by atoms with Gasteiger partial charge in [-0.05, 0) is 71.7 Å². The Morgan fingerprint density at radius 1 is 1.00 bits per heavy atom. The fourth-order valence-corrected chi connectivity index (χ4v) is 4.99. The number of benzene rings is 3. The number of aromatic hydroxyl groups is 1. The number of phenolic OH excluding ortho intramolecular Hbond substituents is 1. The van der Waals surface area contributed by atoms with Crippen molar-refractivity contribution in [1.29, 1.82) is 0 Å². The Bertz CT molecular complexity index is 1250. The van der Waals surface area contributed by atoms with E-state index < -0.39 is 24.0 Å². The molecule has 8 heteroatoms. The maximum atomic E-state index is 13.7. The van der Waals surface area contributed by atoms with Crippen molar-refractivity contribution < 1.29 is 24.3 Å². The molecule has 5 rings (SSSR count). The normalized spacial score (nSPS) is 21.8. The maximum absolute atomic E-state index is 13.7. The fraction of sp³-hybridized carbons (Fsp3) is 0.231. The highest BCUT2D eigenvalue weighted by atomic mass is 79.9. The van der Waals surface area contributed by atoms with Crippen LogP contribution in [0.2, 0.25) is 0 Å². The summed E-state index contributed by atoms with van der Waals surface area (Å²) in [4.78, 5) is 34.5. The van der Waals surface area contributed by atoms with Gasteiger partial charge in [0.2, 0.25) is 5.91 Å². The van der Waals surface area contributed by atoms with Crippen molar-refractivity contribution in [2.75, 3.05) is 16.6 Å². The zero-order valence-electron chi connectivity index (χ0n) is 18.6. The summed E-state index contributed by atoms with van der Waals surface area (Å²) in [6.07, 6.45) is -0.970. The van der Waals surface area contributed by atoms with Gasteiger partial charge in [-0.1, -0.05) is 35.9 Å². The van der Waals surface area contributed by atoms with E-state index in [9.17, 15) is 14.7 Å². The van der Waals surface area contributed by atoms with E-state index in [1.54, 1.807) is 29.3 Å². The average molecular weight is 523 g/mol. The number of hydrogen-bond donors (Lipinski definition) is 1. The topological polar surface area (TPSA) is 79.3 Å². The lowest BCUT2D eigenvalue weighted by Gasteiger charge is -2.29. The quantitative estimate of drug-likeness (QED) is 0.479. The minimum absolute atomic E-state index is 0.0255. The molecule has 3 atom stereocenters. The van der Waals surface area contributed by atoms with Gasteiger partial charge < -0.3 is 9.84 Å². The molecule has 34 heavy (non-hydrogen) atoms. The second-order valence-corrected chi connectivity index (χ2v) is 9.14. The number of amides is 2. The predicted molar refractivity (Wildman–Crippen MR) is 131 cm³/mol. The molecule has 2 heterocycles. The van der Waals surface area contributed by atoms with Crippen LogP contribution >= 0.6 is 15.9 Å². The number of carbonyl (C=O) groups excluding carboxylic acids is 2. The second kappa shape index (κ2) is 8.77. The first kappa shape index (κ1) is 22.4. The van der Waals surface area contributed by atoms with Crippen LogP contribution in [0.15, 0.2) is 71.2 Å². The molecule has 1 N–H and O–H groups in total. The number of nitrogens with zero attached hydrogens (tertiary/aromatic N) is 2. The molecule has 0 unspecified atom stereocenters. The van der Waals surface area contributed by atoms with E-state index in [2.05, 4.69) is 15.9 Å². The molecule has 3 aromatic rings. The molecule has 3 aromatic carbocycles. The summed E-state index contributed by atoms with van der Waals surface area (Å²) in [6, 6.07) is 19.4.